The van der Waals surface area contributed by atoms with Crippen LogP contribution in [0.4, 0.5) is 5.69 Å². The summed E-state index contributed by atoms with van der Waals surface area (Å²) >= 11 is 0. The van der Waals surface area contributed by atoms with Gasteiger partial charge >= 0.3 is 0 Å². The van der Waals surface area contributed by atoms with E-state index in [2.05, 4.69) is 51.0 Å². The Kier molecular flexibility index (Phi) is 4.81. The largest absolute Gasteiger partial charge is 0.398 e. The van der Waals surface area contributed by atoms with Crippen molar-refractivity contribution in [2.45, 2.75) is 32.6 Å². The first-order chi connectivity index (χ1) is 7.50. The van der Waals surface area contributed by atoms with Gasteiger partial charge in [0, 0.05) is 5.69 Å². The Balaban J connectivity index is 2.59. The molecule has 0 bridgehead atoms. The number of nitrogens with two attached hydrogens (primary N) is 1. The molecule has 0 aliphatic carbocycles. The molecule has 0 saturated heterocycles. The van der Waals surface area contributed by atoms with Crippen LogP contribution in [0.15, 0.2) is 18.2 Å². The topological polar surface area (TPSA) is 29.3 Å². The third-order valence-corrected chi connectivity index (χ3v) is 2.84. The molecule has 0 amide bonds. The van der Waals surface area contributed by atoms with Crippen LogP contribution in [0, 0.1) is 0 Å². The van der Waals surface area contributed by atoms with E-state index >= 15 is 0 Å². The third kappa shape index (κ3) is 3.86. The maximum atomic E-state index is 6.04. The summed E-state index contributed by atoms with van der Waals surface area (Å²) in [6.07, 6.45) is 2.30. The second kappa shape index (κ2) is 5.90. The van der Waals surface area contributed by atoms with Crippen LogP contribution < -0.4 is 5.73 Å². The molecule has 0 radical (unpaired) electrons. The van der Waals surface area contributed by atoms with Crippen LogP contribution in [0.5, 0.6) is 0 Å². The average Bonchev–Trinajstić information content (AvgIpc) is 2.16. The number of nitrogen functional groups attached to an aromatic ring is 1. The minimum atomic E-state index is 0.510. The Morgan fingerprint density at radius 2 is 1.94 bits per heavy atom. The monoisotopic (exact) mass is 220 g/mol. The quantitative estimate of drug-likeness (QED) is 0.773. The molecule has 2 nitrogen and oxygen atoms in total. The summed E-state index contributed by atoms with van der Waals surface area (Å²) in [6.45, 7) is 5.49. The SMILES string of the molecule is CC(C)c1ccc(CCCN(C)C)cc1N. The molecule has 0 fully saturated rings. The lowest BCUT2D eigenvalue weighted by Crippen LogP contribution is -2.13. The molecule has 2 heteroatoms. The lowest BCUT2D eigenvalue weighted by atomic mass is 9.98. The highest BCUT2D eigenvalue weighted by Gasteiger charge is 2.04. The first-order valence-electron chi connectivity index (χ1n) is 6.03. The second-order valence-electron chi connectivity index (χ2n) is 5.02. The van der Waals surface area contributed by atoms with Crippen molar-refractivity contribution < 1.29 is 0 Å². The third-order valence-electron chi connectivity index (χ3n) is 2.84. The first kappa shape index (κ1) is 13.0. The van der Waals surface area contributed by atoms with Crippen LogP contribution in [0.1, 0.15) is 37.3 Å². The maximum Gasteiger partial charge on any atom is 0.0351 e. The number of hydrogen-bond donors (Lipinski definition) is 1. The van der Waals surface area contributed by atoms with E-state index in [1.165, 1.54) is 17.5 Å². The van der Waals surface area contributed by atoms with Crippen molar-refractivity contribution >= 4 is 5.69 Å². The number of nitrogens with zero attached hydrogens (tertiary/aromatic N) is 1. The summed E-state index contributed by atoms with van der Waals surface area (Å²) in [5.41, 5.74) is 9.60. The molecule has 0 heterocycles. The highest BCUT2D eigenvalue weighted by Crippen LogP contribution is 2.23. The molecular weight excluding hydrogens is 196 g/mol. The number of aryl methyl sites for hydroxylation is 1. The van der Waals surface area contributed by atoms with E-state index in [4.69, 9.17) is 5.73 Å². The normalized spacial score (nSPS) is 11.4. The minimum absolute atomic E-state index is 0.510. The number of benzene rings is 1. The Morgan fingerprint density at radius 1 is 1.25 bits per heavy atom. The fourth-order valence-corrected chi connectivity index (χ4v) is 1.90. The van der Waals surface area contributed by atoms with Crippen molar-refractivity contribution in [3.05, 3.63) is 29.3 Å². The van der Waals surface area contributed by atoms with Gasteiger partial charge < -0.3 is 10.6 Å². The number of rotatable bonds is 5. The maximum absolute atomic E-state index is 6.04. The summed E-state index contributed by atoms with van der Waals surface area (Å²) in [4.78, 5) is 2.21. The molecular formula is C14H24N2. The standard InChI is InChI=1S/C14H24N2/c1-11(2)13-8-7-12(10-14(13)15)6-5-9-16(3)4/h7-8,10-11H,5-6,9,15H2,1-4H3. The van der Waals surface area contributed by atoms with Gasteiger partial charge in [-0.05, 0) is 56.6 Å². The highest BCUT2D eigenvalue weighted by molar-refractivity contribution is 5.50. The van der Waals surface area contributed by atoms with Crippen molar-refractivity contribution in [1.29, 1.82) is 0 Å². The molecule has 0 atom stereocenters. The van der Waals surface area contributed by atoms with Crippen LogP contribution in [-0.2, 0) is 6.42 Å². The van der Waals surface area contributed by atoms with Gasteiger partial charge in [-0.15, -0.1) is 0 Å². The van der Waals surface area contributed by atoms with Crippen molar-refractivity contribution in [2.24, 2.45) is 0 Å². The second-order valence-corrected chi connectivity index (χ2v) is 5.02. The van der Waals surface area contributed by atoms with Gasteiger partial charge in [0.15, 0.2) is 0 Å². The van der Waals surface area contributed by atoms with Gasteiger partial charge in [-0.1, -0.05) is 26.0 Å². The van der Waals surface area contributed by atoms with E-state index in [0.717, 1.165) is 18.7 Å². The number of hydrogen-bond acceptors (Lipinski definition) is 2. The van der Waals surface area contributed by atoms with Gasteiger partial charge in [0.25, 0.3) is 0 Å². The van der Waals surface area contributed by atoms with Crippen molar-refractivity contribution in [1.82, 2.24) is 4.90 Å². The molecule has 1 aromatic rings. The van der Waals surface area contributed by atoms with Crippen LogP contribution in [0.2, 0.25) is 0 Å². The molecule has 0 aromatic heterocycles. The predicted octanol–water partition coefficient (Wildman–Crippen LogP) is 2.89. The van der Waals surface area contributed by atoms with Gasteiger partial charge in [-0.25, -0.2) is 0 Å². The van der Waals surface area contributed by atoms with Gasteiger partial charge in [0.1, 0.15) is 0 Å². The molecule has 0 aliphatic heterocycles. The van der Waals surface area contributed by atoms with E-state index in [1.807, 2.05) is 0 Å². The predicted molar refractivity (Wildman–Crippen MR) is 71.8 cm³/mol. The molecule has 1 aromatic carbocycles. The van der Waals surface area contributed by atoms with E-state index in [0.29, 0.717) is 5.92 Å². The molecule has 0 saturated carbocycles. The first-order valence-corrected chi connectivity index (χ1v) is 6.03. The molecule has 1 rings (SSSR count). The zero-order chi connectivity index (χ0) is 12.1. The van der Waals surface area contributed by atoms with Gasteiger partial charge in [0.2, 0.25) is 0 Å². The summed E-state index contributed by atoms with van der Waals surface area (Å²) in [7, 11) is 4.21. The Labute approximate surface area is 99.5 Å². The van der Waals surface area contributed by atoms with Gasteiger partial charge in [-0.3, -0.25) is 0 Å². The van der Waals surface area contributed by atoms with Crippen LogP contribution >= 0.6 is 0 Å². The summed E-state index contributed by atoms with van der Waals surface area (Å²) in [6, 6.07) is 6.51. The average molecular weight is 220 g/mol. The van der Waals surface area contributed by atoms with E-state index < -0.39 is 0 Å². The molecule has 0 aliphatic rings. The molecule has 16 heavy (non-hydrogen) atoms. The molecule has 0 spiro atoms. The van der Waals surface area contributed by atoms with Crippen LogP contribution in [0.25, 0.3) is 0 Å². The van der Waals surface area contributed by atoms with Gasteiger partial charge in [0.05, 0.1) is 0 Å². The van der Waals surface area contributed by atoms with Crippen LogP contribution in [0.3, 0.4) is 0 Å². The fourth-order valence-electron chi connectivity index (χ4n) is 1.90. The number of anilines is 1. The van der Waals surface area contributed by atoms with Crippen LogP contribution in [-0.4, -0.2) is 25.5 Å². The lowest BCUT2D eigenvalue weighted by Gasteiger charge is -2.12. The Morgan fingerprint density at radius 3 is 2.44 bits per heavy atom. The smallest absolute Gasteiger partial charge is 0.0351 e. The fraction of sp³-hybridized carbons (Fsp3) is 0.571. The molecule has 2 N–H and O–H groups in total. The summed E-state index contributed by atoms with van der Waals surface area (Å²) in [5.74, 6) is 0.510. The summed E-state index contributed by atoms with van der Waals surface area (Å²) < 4.78 is 0. The van der Waals surface area contributed by atoms with Crippen molar-refractivity contribution in [3.8, 4) is 0 Å². The lowest BCUT2D eigenvalue weighted by molar-refractivity contribution is 0.400. The highest BCUT2D eigenvalue weighted by atomic mass is 15.0. The zero-order valence-corrected chi connectivity index (χ0v) is 11.0. The minimum Gasteiger partial charge on any atom is -0.398 e. The van der Waals surface area contributed by atoms with Crippen molar-refractivity contribution in [2.75, 3.05) is 26.4 Å². The molecule has 90 valence electrons. The molecule has 0 unspecified atom stereocenters. The van der Waals surface area contributed by atoms with E-state index in [9.17, 15) is 0 Å². The van der Waals surface area contributed by atoms with Gasteiger partial charge in [-0.2, -0.15) is 0 Å². The van der Waals surface area contributed by atoms with E-state index in [1.54, 1.807) is 0 Å². The Bertz CT molecular complexity index is 330. The zero-order valence-electron chi connectivity index (χ0n) is 11.0. The van der Waals surface area contributed by atoms with Crippen molar-refractivity contribution in [3.63, 3.8) is 0 Å². The Hall–Kier alpha value is -1.02. The van der Waals surface area contributed by atoms with E-state index in [-0.39, 0.29) is 0 Å². The summed E-state index contributed by atoms with van der Waals surface area (Å²) in [5, 5.41) is 0.